The number of nitrogens with one attached hydrogen (secondary N) is 2. The lowest BCUT2D eigenvalue weighted by molar-refractivity contribution is -0.137. The van der Waals surface area contributed by atoms with Gasteiger partial charge in [-0.25, -0.2) is 4.79 Å². The molecule has 0 aliphatic carbocycles. The largest absolute Gasteiger partial charge is 0.465 e. The number of rotatable bonds is 5. The summed E-state index contributed by atoms with van der Waals surface area (Å²) in [6, 6.07) is 10.7. The Kier molecular flexibility index (Phi) is 5.63. The summed E-state index contributed by atoms with van der Waals surface area (Å²) < 4.78 is 42.5. The van der Waals surface area contributed by atoms with Gasteiger partial charge in [-0.15, -0.1) is 0 Å². The fraction of sp³-hybridized carbons (Fsp3) is 0.176. The Balaban J connectivity index is 1.96. The average molecular weight is 352 g/mol. The first-order chi connectivity index (χ1) is 11.8. The Morgan fingerprint density at radius 1 is 1.04 bits per heavy atom. The van der Waals surface area contributed by atoms with E-state index in [4.69, 9.17) is 0 Å². The first-order valence-corrected chi connectivity index (χ1v) is 7.19. The molecular formula is C17H15F3N2O3. The van der Waals surface area contributed by atoms with Crippen molar-refractivity contribution >= 4 is 23.3 Å². The highest BCUT2D eigenvalue weighted by molar-refractivity contribution is 5.94. The van der Waals surface area contributed by atoms with Gasteiger partial charge < -0.3 is 15.4 Å². The van der Waals surface area contributed by atoms with Crippen LogP contribution in [0.1, 0.15) is 15.9 Å². The van der Waals surface area contributed by atoms with Gasteiger partial charge in [0.15, 0.2) is 0 Å². The average Bonchev–Trinajstić information content (AvgIpc) is 2.59. The molecule has 5 nitrogen and oxygen atoms in total. The van der Waals surface area contributed by atoms with Crippen molar-refractivity contribution in [3.63, 3.8) is 0 Å². The van der Waals surface area contributed by atoms with Crippen molar-refractivity contribution in [2.24, 2.45) is 0 Å². The highest BCUT2D eigenvalue weighted by Gasteiger charge is 2.30. The van der Waals surface area contributed by atoms with Gasteiger partial charge in [-0.3, -0.25) is 4.79 Å². The van der Waals surface area contributed by atoms with Crippen LogP contribution in [0.25, 0.3) is 0 Å². The smallest absolute Gasteiger partial charge is 0.416 e. The van der Waals surface area contributed by atoms with Crippen LogP contribution in [-0.2, 0) is 15.7 Å². The molecule has 0 fully saturated rings. The van der Waals surface area contributed by atoms with Crippen molar-refractivity contribution in [1.82, 2.24) is 0 Å². The van der Waals surface area contributed by atoms with E-state index in [0.717, 1.165) is 12.1 Å². The summed E-state index contributed by atoms with van der Waals surface area (Å²) in [7, 11) is 1.25. The molecule has 0 unspecified atom stereocenters. The van der Waals surface area contributed by atoms with Crippen molar-refractivity contribution < 1.29 is 27.5 Å². The Labute approximate surface area is 141 Å². The van der Waals surface area contributed by atoms with Gasteiger partial charge in [-0.05, 0) is 36.4 Å². The first kappa shape index (κ1) is 18.3. The van der Waals surface area contributed by atoms with E-state index in [1.807, 2.05) is 0 Å². The predicted octanol–water partition coefficient (Wildman–Crippen LogP) is 3.54. The lowest BCUT2D eigenvalue weighted by atomic mass is 10.2. The monoisotopic (exact) mass is 352 g/mol. The van der Waals surface area contributed by atoms with E-state index in [2.05, 4.69) is 15.4 Å². The Bertz CT molecular complexity index is 776. The Hall–Kier alpha value is -3.03. The lowest BCUT2D eigenvalue weighted by Gasteiger charge is -2.11. The number of halogens is 3. The van der Waals surface area contributed by atoms with E-state index < -0.39 is 23.6 Å². The number of carbonyl (C=O) groups is 2. The van der Waals surface area contributed by atoms with Crippen LogP contribution in [0.15, 0.2) is 48.5 Å². The van der Waals surface area contributed by atoms with Crippen molar-refractivity contribution in [3.05, 3.63) is 59.7 Å². The van der Waals surface area contributed by atoms with Crippen LogP contribution in [0.2, 0.25) is 0 Å². The van der Waals surface area contributed by atoms with Crippen molar-refractivity contribution in [2.45, 2.75) is 6.18 Å². The minimum atomic E-state index is -4.48. The zero-order valence-corrected chi connectivity index (χ0v) is 13.2. The van der Waals surface area contributed by atoms with Gasteiger partial charge in [0.1, 0.15) is 0 Å². The summed E-state index contributed by atoms with van der Waals surface area (Å²) >= 11 is 0. The maximum atomic E-state index is 12.6. The zero-order chi connectivity index (χ0) is 18.4. The fourth-order valence-corrected chi connectivity index (χ4v) is 2.03. The molecule has 132 valence electrons. The zero-order valence-electron chi connectivity index (χ0n) is 13.2. The van der Waals surface area contributed by atoms with Crippen LogP contribution >= 0.6 is 0 Å². The number of anilines is 2. The normalized spacial score (nSPS) is 10.9. The van der Waals surface area contributed by atoms with E-state index in [1.165, 1.54) is 25.3 Å². The van der Waals surface area contributed by atoms with Gasteiger partial charge in [-0.1, -0.05) is 12.1 Å². The van der Waals surface area contributed by atoms with E-state index >= 15 is 0 Å². The summed E-state index contributed by atoms with van der Waals surface area (Å²) in [5, 5.41) is 5.17. The third-order valence-corrected chi connectivity index (χ3v) is 3.21. The second-order valence-electron chi connectivity index (χ2n) is 5.05. The van der Waals surface area contributed by atoms with E-state index in [1.54, 1.807) is 18.2 Å². The number of carbonyl (C=O) groups excluding carboxylic acids is 2. The number of amides is 1. The van der Waals surface area contributed by atoms with Crippen LogP contribution < -0.4 is 10.6 Å². The molecule has 0 aliphatic heterocycles. The highest BCUT2D eigenvalue weighted by Crippen LogP contribution is 2.30. The van der Waals surface area contributed by atoms with Gasteiger partial charge >= 0.3 is 12.1 Å². The van der Waals surface area contributed by atoms with Gasteiger partial charge in [0.2, 0.25) is 5.91 Å². The highest BCUT2D eigenvalue weighted by atomic mass is 19.4. The van der Waals surface area contributed by atoms with Crippen molar-refractivity contribution in [3.8, 4) is 0 Å². The fourth-order valence-electron chi connectivity index (χ4n) is 2.03. The maximum Gasteiger partial charge on any atom is 0.416 e. The van der Waals surface area contributed by atoms with Crippen LogP contribution in [-0.4, -0.2) is 25.5 Å². The number of ether oxygens (including phenoxy) is 1. The lowest BCUT2D eigenvalue weighted by Crippen LogP contribution is -2.22. The molecule has 25 heavy (non-hydrogen) atoms. The molecule has 8 heteroatoms. The number of alkyl halides is 3. The molecule has 0 radical (unpaired) electrons. The van der Waals surface area contributed by atoms with Crippen LogP contribution in [0.4, 0.5) is 24.5 Å². The quantitative estimate of drug-likeness (QED) is 0.808. The molecule has 0 heterocycles. The third-order valence-electron chi connectivity index (χ3n) is 3.21. The SMILES string of the molecule is COC(=O)c1cccc(NCC(=O)Nc2cccc(C(F)(F)F)c2)c1. The Morgan fingerprint density at radius 2 is 1.72 bits per heavy atom. The first-order valence-electron chi connectivity index (χ1n) is 7.19. The molecule has 2 rings (SSSR count). The molecule has 1 amide bonds. The van der Waals surface area contributed by atoms with Crippen molar-refractivity contribution in [1.29, 1.82) is 0 Å². The summed E-state index contributed by atoms with van der Waals surface area (Å²) in [4.78, 5) is 23.3. The van der Waals surface area contributed by atoms with E-state index in [-0.39, 0.29) is 12.2 Å². The number of esters is 1. The third kappa shape index (κ3) is 5.23. The molecule has 2 N–H and O–H groups in total. The molecule has 2 aromatic carbocycles. The van der Waals surface area contributed by atoms with E-state index in [9.17, 15) is 22.8 Å². The number of hydrogen-bond donors (Lipinski definition) is 2. The van der Waals surface area contributed by atoms with Gasteiger partial charge in [-0.2, -0.15) is 13.2 Å². The number of benzene rings is 2. The number of hydrogen-bond acceptors (Lipinski definition) is 4. The Morgan fingerprint density at radius 3 is 2.40 bits per heavy atom. The van der Waals surface area contributed by atoms with Crippen LogP contribution in [0.3, 0.4) is 0 Å². The van der Waals surface area contributed by atoms with Crippen LogP contribution in [0, 0.1) is 0 Å². The minimum Gasteiger partial charge on any atom is -0.465 e. The summed E-state index contributed by atoms with van der Waals surface area (Å²) in [6.45, 7) is -0.180. The molecule has 0 bridgehead atoms. The minimum absolute atomic E-state index is 0.0462. The molecule has 2 aromatic rings. The summed E-state index contributed by atoms with van der Waals surface area (Å²) in [5.74, 6) is -1.04. The van der Waals surface area contributed by atoms with Crippen molar-refractivity contribution in [2.75, 3.05) is 24.3 Å². The van der Waals surface area contributed by atoms with Gasteiger partial charge in [0, 0.05) is 11.4 Å². The molecule has 0 spiro atoms. The predicted molar refractivity (Wildman–Crippen MR) is 86.3 cm³/mol. The number of methoxy groups -OCH3 is 1. The summed E-state index contributed by atoms with van der Waals surface area (Å²) in [5.41, 5.74) is 0.0156. The summed E-state index contributed by atoms with van der Waals surface area (Å²) in [6.07, 6.45) is -4.48. The molecule has 0 aromatic heterocycles. The van der Waals surface area contributed by atoms with Crippen LogP contribution in [0.5, 0.6) is 0 Å². The molecule has 0 atom stereocenters. The standard InChI is InChI=1S/C17H15F3N2O3/c1-25-16(24)11-4-2-6-13(8-11)21-10-15(23)22-14-7-3-5-12(9-14)17(18,19)20/h2-9,21H,10H2,1H3,(H,22,23). The second kappa shape index (κ2) is 7.69. The molecular weight excluding hydrogens is 337 g/mol. The maximum absolute atomic E-state index is 12.6. The van der Waals surface area contributed by atoms with Gasteiger partial charge in [0.05, 0.1) is 24.8 Å². The molecule has 0 saturated heterocycles. The van der Waals surface area contributed by atoms with Gasteiger partial charge in [0.25, 0.3) is 0 Å². The second-order valence-corrected chi connectivity index (χ2v) is 5.05. The van der Waals surface area contributed by atoms with E-state index in [0.29, 0.717) is 11.3 Å². The topological polar surface area (TPSA) is 67.4 Å². The molecule has 0 saturated carbocycles. The molecule has 0 aliphatic rings.